The van der Waals surface area contributed by atoms with Crippen LogP contribution in [0.3, 0.4) is 0 Å². The highest BCUT2D eigenvalue weighted by molar-refractivity contribution is 5.74. The summed E-state index contributed by atoms with van der Waals surface area (Å²) in [5, 5.41) is 0. The van der Waals surface area contributed by atoms with E-state index < -0.39 is 6.29 Å². The van der Waals surface area contributed by atoms with Gasteiger partial charge in [0.25, 0.3) is 0 Å². The maximum Gasteiger partial charge on any atom is 0.310 e. The van der Waals surface area contributed by atoms with E-state index in [-0.39, 0.29) is 23.4 Å². The summed E-state index contributed by atoms with van der Waals surface area (Å²) in [5.41, 5.74) is 2.63. The van der Waals surface area contributed by atoms with Crippen LogP contribution in [0.4, 0.5) is 0 Å². The highest BCUT2D eigenvalue weighted by atomic mass is 16.7. The van der Waals surface area contributed by atoms with E-state index in [4.69, 9.17) is 14.2 Å². The molecule has 5 atom stereocenters. The van der Waals surface area contributed by atoms with Crippen LogP contribution in [0.2, 0.25) is 0 Å². The van der Waals surface area contributed by atoms with Gasteiger partial charge in [-0.05, 0) is 61.5 Å². The zero-order chi connectivity index (χ0) is 18.4. The molecule has 2 bridgehead atoms. The van der Waals surface area contributed by atoms with Crippen molar-refractivity contribution in [3.05, 3.63) is 47.5 Å². The Morgan fingerprint density at radius 2 is 1.93 bits per heavy atom. The van der Waals surface area contributed by atoms with Crippen molar-refractivity contribution in [2.45, 2.75) is 50.9 Å². The van der Waals surface area contributed by atoms with Gasteiger partial charge in [0.05, 0.1) is 5.92 Å². The Labute approximate surface area is 160 Å². The molecule has 144 valence electrons. The van der Waals surface area contributed by atoms with E-state index in [0.717, 1.165) is 38.5 Å². The van der Waals surface area contributed by atoms with Crippen LogP contribution in [-0.2, 0) is 31.8 Å². The SMILES string of the molecule is CO[C@H]1OCCCC2(Cc3ccccc3C2)[C@@H]1OC(=O)C1CC2C=CC1C2. The van der Waals surface area contributed by atoms with Gasteiger partial charge >= 0.3 is 5.97 Å². The Hall–Kier alpha value is -1.65. The molecule has 0 amide bonds. The van der Waals surface area contributed by atoms with Crippen molar-refractivity contribution >= 4 is 5.97 Å². The lowest BCUT2D eigenvalue weighted by Crippen LogP contribution is -2.48. The number of hydrogen-bond donors (Lipinski definition) is 0. The summed E-state index contributed by atoms with van der Waals surface area (Å²) >= 11 is 0. The molecule has 4 aliphatic rings. The third-order valence-electron chi connectivity index (χ3n) is 7.21. The van der Waals surface area contributed by atoms with Gasteiger partial charge in [0.1, 0.15) is 0 Å². The highest BCUT2D eigenvalue weighted by Gasteiger charge is 2.52. The fraction of sp³-hybridized carbons (Fsp3) is 0.609. The van der Waals surface area contributed by atoms with Gasteiger partial charge in [0, 0.05) is 19.1 Å². The number of benzene rings is 1. The third-order valence-corrected chi connectivity index (χ3v) is 7.21. The predicted molar refractivity (Wildman–Crippen MR) is 101 cm³/mol. The molecule has 4 nitrogen and oxygen atoms in total. The Kier molecular flexibility index (Phi) is 4.36. The molecular weight excluding hydrogens is 340 g/mol. The first-order valence-electron chi connectivity index (χ1n) is 10.3. The summed E-state index contributed by atoms with van der Waals surface area (Å²) < 4.78 is 17.9. The molecular formula is C23H28O4. The largest absolute Gasteiger partial charge is 0.456 e. The zero-order valence-corrected chi connectivity index (χ0v) is 15.9. The van der Waals surface area contributed by atoms with E-state index in [0.29, 0.717) is 18.4 Å². The normalized spacial score (nSPS) is 36.0. The fourth-order valence-corrected chi connectivity index (χ4v) is 5.88. The molecule has 0 N–H and O–H groups in total. The maximum atomic E-state index is 13.1. The molecule has 4 heteroatoms. The number of ether oxygens (including phenoxy) is 3. The molecule has 1 saturated heterocycles. The van der Waals surface area contributed by atoms with E-state index in [1.807, 2.05) is 0 Å². The summed E-state index contributed by atoms with van der Waals surface area (Å²) in [4.78, 5) is 13.1. The Bertz CT molecular complexity index is 730. The third kappa shape index (κ3) is 2.94. The molecule has 1 aliphatic heterocycles. The molecule has 1 aromatic carbocycles. The maximum absolute atomic E-state index is 13.1. The second-order valence-electron chi connectivity index (χ2n) is 8.81. The summed E-state index contributed by atoms with van der Waals surface area (Å²) in [6, 6.07) is 8.61. The van der Waals surface area contributed by atoms with Crippen molar-refractivity contribution < 1.29 is 19.0 Å². The summed E-state index contributed by atoms with van der Waals surface area (Å²) in [6.07, 6.45) is 9.49. The first-order valence-corrected chi connectivity index (χ1v) is 10.3. The number of allylic oxidation sites excluding steroid dienone is 2. The minimum Gasteiger partial charge on any atom is -0.456 e. The van der Waals surface area contributed by atoms with Crippen LogP contribution < -0.4 is 0 Å². The summed E-state index contributed by atoms with van der Waals surface area (Å²) in [7, 11) is 1.66. The smallest absolute Gasteiger partial charge is 0.310 e. The highest BCUT2D eigenvalue weighted by Crippen LogP contribution is 2.49. The number of rotatable bonds is 3. The Balaban J connectivity index is 1.42. The van der Waals surface area contributed by atoms with Crippen molar-refractivity contribution in [2.75, 3.05) is 13.7 Å². The first kappa shape index (κ1) is 17.4. The van der Waals surface area contributed by atoms with E-state index in [1.165, 1.54) is 11.1 Å². The molecule has 1 aromatic rings. The van der Waals surface area contributed by atoms with E-state index in [2.05, 4.69) is 36.4 Å². The Morgan fingerprint density at radius 1 is 1.15 bits per heavy atom. The molecule has 1 saturated carbocycles. The molecule has 1 spiro atoms. The Morgan fingerprint density at radius 3 is 2.56 bits per heavy atom. The van der Waals surface area contributed by atoms with Gasteiger partial charge in [-0.3, -0.25) is 4.79 Å². The molecule has 2 fully saturated rings. The minimum atomic E-state index is -0.486. The molecule has 0 aromatic heterocycles. The standard InChI is InChI=1S/C23H28O4/c1-25-22-20(27-21(24)19-12-15-7-8-16(19)11-15)23(9-4-10-26-22)13-17-5-2-3-6-18(17)14-23/h2-3,5-8,15-16,19-20,22H,4,9-14H2,1H3/t15?,16?,19?,20-,22+/m1/s1. The van der Waals surface area contributed by atoms with E-state index in [9.17, 15) is 4.79 Å². The predicted octanol–water partition coefficient (Wildman–Crippen LogP) is 3.68. The van der Waals surface area contributed by atoms with Crippen molar-refractivity contribution in [3.63, 3.8) is 0 Å². The number of hydrogen-bond acceptors (Lipinski definition) is 4. The van der Waals surface area contributed by atoms with Crippen molar-refractivity contribution in [2.24, 2.45) is 23.2 Å². The van der Waals surface area contributed by atoms with Crippen LogP contribution in [0.15, 0.2) is 36.4 Å². The van der Waals surface area contributed by atoms with Gasteiger partial charge < -0.3 is 14.2 Å². The molecule has 27 heavy (non-hydrogen) atoms. The van der Waals surface area contributed by atoms with Crippen LogP contribution >= 0.6 is 0 Å². The number of methoxy groups -OCH3 is 1. The van der Waals surface area contributed by atoms with Gasteiger partial charge in [-0.25, -0.2) is 0 Å². The van der Waals surface area contributed by atoms with E-state index in [1.54, 1.807) is 7.11 Å². The summed E-state index contributed by atoms with van der Waals surface area (Å²) in [6.45, 7) is 0.654. The van der Waals surface area contributed by atoms with Gasteiger partial charge in [0.2, 0.25) is 0 Å². The van der Waals surface area contributed by atoms with Crippen LogP contribution in [0, 0.1) is 23.2 Å². The quantitative estimate of drug-likeness (QED) is 0.603. The number of carbonyl (C=O) groups excluding carboxylic acids is 1. The average molecular weight is 368 g/mol. The van der Waals surface area contributed by atoms with Crippen molar-refractivity contribution in [3.8, 4) is 0 Å². The minimum absolute atomic E-state index is 0.00147. The van der Waals surface area contributed by atoms with Gasteiger partial charge in [-0.1, -0.05) is 36.4 Å². The second kappa shape index (κ2) is 6.75. The second-order valence-corrected chi connectivity index (χ2v) is 8.81. The van der Waals surface area contributed by atoms with Crippen molar-refractivity contribution in [1.29, 1.82) is 0 Å². The van der Waals surface area contributed by atoms with Crippen LogP contribution in [0.25, 0.3) is 0 Å². The van der Waals surface area contributed by atoms with Crippen molar-refractivity contribution in [1.82, 2.24) is 0 Å². The van der Waals surface area contributed by atoms with Gasteiger partial charge in [-0.15, -0.1) is 0 Å². The number of carbonyl (C=O) groups is 1. The van der Waals surface area contributed by atoms with E-state index >= 15 is 0 Å². The fourth-order valence-electron chi connectivity index (χ4n) is 5.88. The summed E-state index contributed by atoms with van der Waals surface area (Å²) in [5.74, 6) is 0.856. The lowest BCUT2D eigenvalue weighted by atomic mass is 9.75. The lowest BCUT2D eigenvalue weighted by Gasteiger charge is -2.39. The number of esters is 1. The molecule has 3 aliphatic carbocycles. The van der Waals surface area contributed by atoms with Gasteiger partial charge in [0.15, 0.2) is 12.4 Å². The lowest BCUT2D eigenvalue weighted by molar-refractivity contribution is -0.219. The van der Waals surface area contributed by atoms with Crippen LogP contribution in [-0.4, -0.2) is 32.1 Å². The molecule has 1 heterocycles. The monoisotopic (exact) mass is 368 g/mol. The number of fused-ring (bicyclic) bond motifs is 3. The van der Waals surface area contributed by atoms with Crippen LogP contribution in [0.5, 0.6) is 0 Å². The molecule has 0 radical (unpaired) electrons. The van der Waals surface area contributed by atoms with Gasteiger partial charge in [-0.2, -0.15) is 0 Å². The van der Waals surface area contributed by atoms with Crippen LogP contribution in [0.1, 0.15) is 36.8 Å². The topological polar surface area (TPSA) is 44.8 Å². The molecule has 5 rings (SSSR count). The molecule has 3 unspecified atom stereocenters. The average Bonchev–Trinajstić information content (AvgIpc) is 3.37. The zero-order valence-electron chi connectivity index (χ0n) is 15.9. The first-order chi connectivity index (χ1) is 13.2.